The number of imide groups is 1. The molecule has 0 radical (unpaired) electrons. The zero-order valence-electron chi connectivity index (χ0n) is 18.5. The van der Waals surface area contributed by atoms with E-state index >= 15 is 0 Å². The van der Waals surface area contributed by atoms with Crippen LogP contribution in [0.5, 0.6) is 0 Å². The van der Waals surface area contributed by atoms with E-state index in [-0.39, 0.29) is 24.2 Å². The SMILES string of the molecule is O=C1NC(=O)[C@](CCc2ccccc2)(C2CCN(C(=O)Cc3cccc(C(F)(F)F)c3)CC2)N1. The van der Waals surface area contributed by atoms with Crippen LogP contribution in [0.3, 0.4) is 0 Å². The van der Waals surface area contributed by atoms with E-state index in [4.69, 9.17) is 0 Å². The third-order valence-electron chi connectivity index (χ3n) is 6.77. The Bertz CT molecular complexity index is 1070. The first-order valence-corrected chi connectivity index (χ1v) is 11.3. The lowest BCUT2D eigenvalue weighted by molar-refractivity contribution is -0.138. The minimum atomic E-state index is -4.46. The Morgan fingerprint density at radius 2 is 1.68 bits per heavy atom. The normalized spacial score (nSPS) is 21.3. The molecular weight excluding hydrogens is 447 g/mol. The molecule has 1 atom stereocenters. The van der Waals surface area contributed by atoms with Gasteiger partial charge in [-0.05, 0) is 48.8 Å². The van der Waals surface area contributed by atoms with Gasteiger partial charge in [0.1, 0.15) is 5.54 Å². The number of nitrogens with zero attached hydrogens (tertiary/aromatic N) is 1. The molecule has 2 N–H and O–H groups in total. The van der Waals surface area contributed by atoms with Crippen molar-refractivity contribution in [1.82, 2.24) is 15.5 Å². The zero-order chi connectivity index (χ0) is 24.3. The number of nitrogens with one attached hydrogen (secondary N) is 2. The highest BCUT2D eigenvalue weighted by Gasteiger charge is 2.52. The second-order valence-corrected chi connectivity index (χ2v) is 8.90. The van der Waals surface area contributed by atoms with Gasteiger partial charge in [-0.2, -0.15) is 13.2 Å². The van der Waals surface area contributed by atoms with Crippen LogP contribution in [0.4, 0.5) is 18.0 Å². The van der Waals surface area contributed by atoms with Crippen molar-refractivity contribution in [2.45, 2.75) is 43.8 Å². The average molecular weight is 473 g/mol. The van der Waals surface area contributed by atoms with E-state index in [1.165, 1.54) is 12.1 Å². The van der Waals surface area contributed by atoms with Crippen molar-refractivity contribution in [3.63, 3.8) is 0 Å². The number of urea groups is 1. The Kier molecular flexibility index (Phi) is 6.63. The van der Waals surface area contributed by atoms with E-state index in [0.717, 1.165) is 17.7 Å². The van der Waals surface area contributed by atoms with Gasteiger partial charge in [-0.15, -0.1) is 0 Å². The summed E-state index contributed by atoms with van der Waals surface area (Å²) in [5, 5.41) is 5.22. The molecule has 2 saturated heterocycles. The Morgan fingerprint density at radius 1 is 1.00 bits per heavy atom. The van der Waals surface area contributed by atoms with Crippen molar-refractivity contribution >= 4 is 17.8 Å². The van der Waals surface area contributed by atoms with Crippen LogP contribution in [0.1, 0.15) is 36.0 Å². The predicted octanol–water partition coefficient (Wildman–Crippen LogP) is 3.70. The van der Waals surface area contributed by atoms with Crippen LogP contribution in [0, 0.1) is 5.92 Å². The lowest BCUT2D eigenvalue weighted by Gasteiger charge is -2.40. The number of carbonyl (C=O) groups is 3. The summed E-state index contributed by atoms with van der Waals surface area (Å²) in [6.07, 6.45) is -2.50. The van der Waals surface area contributed by atoms with E-state index < -0.39 is 23.3 Å². The molecule has 0 unspecified atom stereocenters. The van der Waals surface area contributed by atoms with Gasteiger partial charge in [-0.25, -0.2) is 4.79 Å². The van der Waals surface area contributed by atoms with Crippen LogP contribution in [0.2, 0.25) is 0 Å². The second kappa shape index (κ2) is 9.48. The minimum Gasteiger partial charge on any atom is -0.342 e. The van der Waals surface area contributed by atoms with E-state index in [0.29, 0.717) is 44.3 Å². The van der Waals surface area contributed by atoms with Gasteiger partial charge in [0.2, 0.25) is 5.91 Å². The number of carbonyl (C=O) groups excluding carboxylic acids is 3. The Balaban J connectivity index is 1.40. The molecule has 0 aromatic heterocycles. The van der Waals surface area contributed by atoms with E-state index in [9.17, 15) is 27.6 Å². The fourth-order valence-corrected chi connectivity index (χ4v) is 4.92. The van der Waals surface area contributed by atoms with Gasteiger partial charge in [0.15, 0.2) is 0 Å². The van der Waals surface area contributed by atoms with Gasteiger partial charge in [0.05, 0.1) is 12.0 Å². The van der Waals surface area contributed by atoms with Gasteiger partial charge < -0.3 is 10.2 Å². The molecule has 6 nitrogen and oxygen atoms in total. The van der Waals surface area contributed by atoms with Crippen molar-refractivity contribution < 1.29 is 27.6 Å². The highest BCUT2D eigenvalue weighted by molar-refractivity contribution is 6.07. The van der Waals surface area contributed by atoms with Gasteiger partial charge in [-0.1, -0.05) is 48.5 Å². The molecule has 0 spiro atoms. The third kappa shape index (κ3) is 5.08. The fraction of sp³-hybridized carbons (Fsp3) is 0.400. The molecular formula is C25H26F3N3O3. The van der Waals surface area contributed by atoms with E-state index in [1.807, 2.05) is 30.3 Å². The summed E-state index contributed by atoms with van der Waals surface area (Å²) in [5.74, 6) is -0.751. The largest absolute Gasteiger partial charge is 0.416 e. The van der Waals surface area contributed by atoms with Crippen LogP contribution in [-0.4, -0.2) is 41.4 Å². The molecule has 34 heavy (non-hydrogen) atoms. The number of hydrogen-bond donors (Lipinski definition) is 2. The van der Waals surface area contributed by atoms with Crippen LogP contribution < -0.4 is 10.6 Å². The van der Waals surface area contributed by atoms with Gasteiger partial charge >= 0.3 is 12.2 Å². The molecule has 0 bridgehead atoms. The number of likely N-dealkylation sites (tertiary alicyclic amines) is 1. The molecule has 4 amide bonds. The first kappa shape index (κ1) is 23.8. The first-order chi connectivity index (χ1) is 16.2. The summed E-state index contributed by atoms with van der Waals surface area (Å²) in [6.45, 7) is 0.747. The van der Waals surface area contributed by atoms with Crippen molar-refractivity contribution in [2.75, 3.05) is 13.1 Å². The van der Waals surface area contributed by atoms with Gasteiger partial charge in [-0.3, -0.25) is 14.9 Å². The summed E-state index contributed by atoms with van der Waals surface area (Å²) in [7, 11) is 0. The topological polar surface area (TPSA) is 78.5 Å². The molecule has 2 heterocycles. The molecule has 2 aliphatic heterocycles. The van der Waals surface area contributed by atoms with E-state index in [1.54, 1.807) is 4.90 Å². The van der Waals surface area contributed by atoms with Crippen molar-refractivity contribution in [2.24, 2.45) is 5.92 Å². The number of hydrogen-bond acceptors (Lipinski definition) is 3. The average Bonchev–Trinajstić information content (AvgIpc) is 3.12. The van der Waals surface area contributed by atoms with Crippen molar-refractivity contribution in [1.29, 1.82) is 0 Å². The maximum atomic E-state index is 13.0. The molecule has 0 saturated carbocycles. The van der Waals surface area contributed by atoms with E-state index in [2.05, 4.69) is 10.6 Å². The molecule has 9 heteroatoms. The Morgan fingerprint density at radius 3 is 2.29 bits per heavy atom. The smallest absolute Gasteiger partial charge is 0.342 e. The highest BCUT2D eigenvalue weighted by Crippen LogP contribution is 2.35. The fourth-order valence-electron chi connectivity index (χ4n) is 4.92. The Hall–Kier alpha value is -3.36. The second-order valence-electron chi connectivity index (χ2n) is 8.90. The Labute approximate surface area is 195 Å². The van der Waals surface area contributed by atoms with Crippen molar-refractivity contribution in [3.05, 3.63) is 71.3 Å². The molecule has 0 aliphatic carbocycles. The number of piperidine rings is 1. The molecule has 2 aliphatic rings. The van der Waals surface area contributed by atoms with Crippen LogP contribution in [0.25, 0.3) is 0 Å². The van der Waals surface area contributed by atoms with Crippen LogP contribution in [-0.2, 0) is 28.6 Å². The summed E-state index contributed by atoms with van der Waals surface area (Å²) >= 11 is 0. The minimum absolute atomic E-state index is 0.120. The van der Waals surface area contributed by atoms with Gasteiger partial charge in [0.25, 0.3) is 5.91 Å². The monoisotopic (exact) mass is 473 g/mol. The van der Waals surface area contributed by atoms with Crippen LogP contribution >= 0.6 is 0 Å². The predicted molar refractivity (Wildman–Crippen MR) is 119 cm³/mol. The van der Waals surface area contributed by atoms with Crippen molar-refractivity contribution in [3.8, 4) is 0 Å². The molecule has 2 fully saturated rings. The highest BCUT2D eigenvalue weighted by atomic mass is 19.4. The summed E-state index contributed by atoms with van der Waals surface area (Å²) in [6, 6.07) is 14.0. The summed E-state index contributed by atoms with van der Waals surface area (Å²) in [5.41, 5.74) is -0.448. The molecule has 2 aromatic rings. The van der Waals surface area contributed by atoms with Crippen LogP contribution in [0.15, 0.2) is 54.6 Å². The quantitative estimate of drug-likeness (QED) is 0.628. The number of aryl methyl sites for hydroxylation is 1. The maximum absolute atomic E-state index is 13.0. The molecule has 2 aromatic carbocycles. The first-order valence-electron chi connectivity index (χ1n) is 11.3. The lowest BCUT2D eigenvalue weighted by atomic mass is 9.74. The third-order valence-corrected chi connectivity index (χ3v) is 6.77. The number of alkyl halides is 3. The number of amides is 4. The standard InChI is InChI=1S/C25H26F3N3O3/c26-25(27,28)20-8-4-7-18(15-20)16-21(32)31-13-10-19(11-14-31)24(22(33)29-23(34)30-24)12-9-17-5-2-1-3-6-17/h1-8,15,19H,9-14,16H2,(H2,29,30,33,34)/t24-/m0/s1. The summed E-state index contributed by atoms with van der Waals surface area (Å²) < 4.78 is 38.9. The number of rotatable bonds is 6. The number of halogens is 3. The molecule has 4 rings (SSSR count). The summed E-state index contributed by atoms with van der Waals surface area (Å²) in [4.78, 5) is 39.2. The lowest BCUT2D eigenvalue weighted by Crippen LogP contribution is -2.56. The maximum Gasteiger partial charge on any atom is 0.416 e. The van der Waals surface area contributed by atoms with Gasteiger partial charge in [0, 0.05) is 13.1 Å². The zero-order valence-corrected chi connectivity index (χ0v) is 18.5. The molecule has 180 valence electrons. The number of benzene rings is 2.